The van der Waals surface area contributed by atoms with Crippen molar-refractivity contribution < 1.29 is 14.3 Å². The highest BCUT2D eigenvalue weighted by Crippen LogP contribution is 2.41. The Hall–Kier alpha value is -2.91. The Balaban J connectivity index is 1.48. The predicted molar refractivity (Wildman–Crippen MR) is 95.6 cm³/mol. The van der Waals surface area contributed by atoms with Gasteiger partial charge in [-0.1, -0.05) is 72.8 Å². The van der Waals surface area contributed by atoms with Gasteiger partial charge >= 0.3 is 0 Å². The highest BCUT2D eigenvalue weighted by Gasteiger charge is 2.46. The Labute approximate surface area is 146 Å². The van der Waals surface area contributed by atoms with Crippen molar-refractivity contribution in [2.45, 2.75) is 18.8 Å². The van der Waals surface area contributed by atoms with Crippen molar-refractivity contribution in [3.05, 3.63) is 102 Å². The average molecular weight is 330 g/mol. The lowest BCUT2D eigenvalue weighted by atomic mass is 10.0. The van der Waals surface area contributed by atoms with Gasteiger partial charge in [-0.05, 0) is 23.3 Å². The maximum Gasteiger partial charge on any atom is 0.198 e. The van der Waals surface area contributed by atoms with Gasteiger partial charge in [0.25, 0.3) is 0 Å². The van der Waals surface area contributed by atoms with E-state index in [1.54, 1.807) is 6.07 Å². The zero-order chi connectivity index (χ0) is 17.1. The number of epoxide rings is 1. The largest absolute Gasteiger partial charge is 0.488 e. The van der Waals surface area contributed by atoms with Crippen LogP contribution in [0.25, 0.3) is 0 Å². The average Bonchev–Trinajstić information content (AvgIpc) is 3.48. The number of para-hydroxylation sites is 1. The summed E-state index contributed by atoms with van der Waals surface area (Å²) in [6, 6.07) is 27.1. The van der Waals surface area contributed by atoms with E-state index in [-0.39, 0.29) is 11.9 Å². The molecule has 124 valence electrons. The van der Waals surface area contributed by atoms with Gasteiger partial charge in [-0.15, -0.1) is 0 Å². The van der Waals surface area contributed by atoms with Gasteiger partial charge in [0.05, 0.1) is 5.56 Å². The van der Waals surface area contributed by atoms with E-state index in [2.05, 4.69) is 0 Å². The van der Waals surface area contributed by atoms with E-state index in [0.29, 0.717) is 17.9 Å². The lowest BCUT2D eigenvalue weighted by Gasteiger charge is -2.10. The number of hydrogen-bond donors (Lipinski definition) is 0. The van der Waals surface area contributed by atoms with Crippen LogP contribution >= 0.6 is 0 Å². The zero-order valence-electron chi connectivity index (χ0n) is 13.7. The molecule has 0 radical (unpaired) electrons. The zero-order valence-corrected chi connectivity index (χ0v) is 13.7. The number of carbonyl (C=O) groups is 1. The topological polar surface area (TPSA) is 38.8 Å². The first kappa shape index (κ1) is 15.6. The molecule has 1 saturated heterocycles. The van der Waals surface area contributed by atoms with Crippen LogP contribution in [0.3, 0.4) is 0 Å². The second-order valence-corrected chi connectivity index (χ2v) is 6.02. The van der Waals surface area contributed by atoms with Crippen LogP contribution in [0.1, 0.15) is 27.6 Å². The van der Waals surface area contributed by atoms with Crippen molar-refractivity contribution in [3.8, 4) is 5.75 Å². The molecule has 1 fully saturated rings. The van der Waals surface area contributed by atoms with Gasteiger partial charge in [0.15, 0.2) is 11.9 Å². The van der Waals surface area contributed by atoms with Crippen LogP contribution in [0.4, 0.5) is 0 Å². The molecule has 0 amide bonds. The van der Waals surface area contributed by atoms with E-state index >= 15 is 0 Å². The fourth-order valence-corrected chi connectivity index (χ4v) is 2.89. The molecule has 3 nitrogen and oxygen atoms in total. The first-order valence-electron chi connectivity index (χ1n) is 8.33. The van der Waals surface area contributed by atoms with Crippen molar-refractivity contribution in [2.24, 2.45) is 0 Å². The van der Waals surface area contributed by atoms with Crippen LogP contribution in [0.2, 0.25) is 0 Å². The third-order valence-corrected chi connectivity index (χ3v) is 4.27. The Kier molecular flexibility index (Phi) is 4.32. The second kappa shape index (κ2) is 6.91. The summed E-state index contributed by atoms with van der Waals surface area (Å²) in [7, 11) is 0. The minimum Gasteiger partial charge on any atom is -0.488 e. The van der Waals surface area contributed by atoms with Crippen LogP contribution < -0.4 is 4.74 Å². The summed E-state index contributed by atoms with van der Waals surface area (Å²) in [5.41, 5.74) is 2.67. The molecule has 0 spiro atoms. The molecule has 25 heavy (non-hydrogen) atoms. The smallest absolute Gasteiger partial charge is 0.198 e. The Bertz CT molecular complexity index is 859. The minimum absolute atomic E-state index is 0.0301. The molecule has 3 heteroatoms. The van der Waals surface area contributed by atoms with Gasteiger partial charge in [0, 0.05) is 0 Å². The quantitative estimate of drug-likeness (QED) is 0.490. The van der Waals surface area contributed by atoms with Gasteiger partial charge in [-0.25, -0.2) is 0 Å². The van der Waals surface area contributed by atoms with Crippen molar-refractivity contribution in [2.75, 3.05) is 0 Å². The normalized spacial score (nSPS) is 18.6. The monoisotopic (exact) mass is 330 g/mol. The highest BCUT2D eigenvalue weighted by molar-refractivity contribution is 6.03. The van der Waals surface area contributed by atoms with Crippen molar-refractivity contribution in [1.82, 2.24) is 0 Å². The predicted octanol–water partition coefficient (Wildman–Crippen LogP) is 4.59. The Morgan fingerprint density at radius 1 is 0.840 bits per heavy atom. The third-order valence-electron chi connectivity index (χ3n) is 4.27. The lowest BCUT2D eigenvalue weighted by molar-refractivity contribution is 0.0949. The maximum atomic E-state index is 12.8. The van der Waals surface area contributed by atoms with Gasteiger partial charge in [-0.2, -0.15) is 0 Å². The molecule has 1 heterocycles. The maximum absolute atomic E-state index is 12.8. The molecule has 1 aliphatic rings. The summed E-state index contributed by atoms with van der Waals surface area (Å²) in [6.07, 6.45) is -0.584. The number of hydrogen-bond acceptors (Lipinski definition) is 3. The van der Waals surface area contributed by atoms with Crippen LogP contribution in [-0.4, -0.2) is 11.9 Å². The molecule has 3 aromatic rings. The van der Waals surface area contributed by atoms with E-state index in [4.69, 9.17) is 9.47 Å². The molecule has 2 unspecified atom stereocenters. The molecule has 0 N–H and O–H groups in total. The van der Waals surface area contributed by atoms with E-state index in [1.165, 1.54) is 0 Å². The molecular formula is C22H18O3. The van der Waals surface area contributed by atoms with Crippen molar-refractivity contribution in [1.29, 1.82) is 0 Å². The third kappa shape index (κ3) is 3.47. The van der Waals surface area contributed by atoms with Gasteiger partial charge in [-0.3, -0.25) is 4.79 Å². The Morgan fingerprint density at radius 2 is 1.48 bits per heavy atom. The van der Waals surface area contributed by atoms with Crippen LogP contribution in [0.15, 0.2) is 84.9 Å². The number of ether oxygens (including phenoxy) is 2. The summed E-state index contributed by atoms with van der Waals surface area (Å²) >= 11 is 0. The summed E-state index contributed by atoms with van der Waals surface area (Å²) in [5, 5.41) is 0. The molecule has 0 saturated carbocycles. The van der Waals surface area contributed by atoms with Crippen molar-refractivity contribution in [3.63, 3.8) is 0 Å². The summed E-state index contributed by atoms with van der Waals surface area (Å²) in [4.78, 5) is 12.8. The molecule has 0 bridgehead atoms. The molecule has 3 aromatic carbocycles. The summed E-state index contributed by atoms with van der Waals surface area (Å²) in [5.74, 6) is 0.566. The SMILES string of the molecule is O=C(c1ccccc1OCc1ccccc1)C1OC1c1ccccc1. The first-order valence-corrected chi connectivity index (χ1v) is 8.33. The Morgan fingerprint density at radius 3 is 2.24 bits per heavy atom. The molecular weight excluding hydrogens is 312 g/mol. The van der Waals surface area contributed by atoms with Crippen molar-refractivity contribution >= 4 is 5.78 Å². The number of rotatable bonds is 6. The molecule has 2 atom stereocenters. The molecule has 0 aromatic heterocycles. The molecule has 0 aliphatic carbocycles. The minimum atomic E-state index is -0.427. The van der Waals surface area contributed by atoms with E-state index in [1.807, 2.05) is 78.9 Å². The molecule has 4 rings (SSSR count). The first-order chi connectivity index (χ1) is 12.3. The van der Waals surface area contributed by atoms with E-state index < -0.39 is 6.10 Å². The fraction of sp³-hybridized carbons (Fsp3) is 0.136. The highest BCUT2D eigenvalue weighted by atomic mass is 16.6. The summed E-state index contributed by atoms with van der Waals surface area (Å²) < 4.78 is 11.5. The standard InChI is InChI=1S/C22H18O3/c23-20(22-21(25-22)17-11-5-2-6-12-17)18-13-7-8-14-19(18)24-15-16-9-3-1-4-10-16/h1-14,21-22H,15H2. The summed E-state index contributed by atoms with van der Waals surface area (Å²) in [6.45, 7) is 0.429. The number of Topliss-reactive ketones (excluding diaryl/α,β-unsaturated/α-hetero) is 1. The van der Waals surface area contributed by atoms with Crippen LogP contribution in [0.5, 0.6) is 5.75 Å². The van der Waals surface area contributed by atoms with Gasteiger partial charge in [0.1, 0.15) is 18.5 Å². The van der Waals surface area contributed by atoms with Gasteiger partial charge in [0.2, 0.25) is 0 Å². The number of benzene rings is 3. The van der Waals surface area contributed by atoms with Crippen LogP contribution in [0, 0.1) is 0 Å². The van der Waals surface area contributed by atoms with Gasteiger partial charge < -0.3 is 9.47 Å². The second-order valence-electron chi connectivity index (χ2n) is 6.02. The fourth-order valence-electron chi connectivity index (χ4n) is 2.89. The number of ketones is 1. The van der Waals surface area contributed by atoms with E-state index in [9.17, 15) is 4.79 Å². The lowest BCUT2D eigenvalue weighted by Crippen LogP contribution is -2.10. The number of carbonyl (C=O) groups excluding carboxylic acids is 1. The molecule has 1 aliphatic heterocycles. The van der Waals surface area contributed by atoms with E-state index in [0.717, 1.165) is 11.1 Å². The van der Waals surface area contributed by atoms with Crippen LogP contribution in [-0.2, 0) is 11.3 Å².